The molecule has 1 heteroatoms. The fourth-order valence-corrected chi connectivity index (χ4v) is 1.35. The van der Waals surface area contributed by atoms with Gasteiger partial charge in [-0.2, -0.15) is 0 Å². The molecule has 12 heavy (non-hydrogen) atoms. The van der Waals surface area contributed by atoms with Crippen LogP contribution in [0.4, 0.5) is 0 Å². The van der Waals surface area contributed by atoms with Crippen molar-refractivity contribution in [2.75, 3.05) is 0 Å². The summed E-state index contributed by atoms with van der Waals surface area (Å²) in [6.07, 6.45) is 6.96. The highest BCUT2D eigenvalue weighted by Gasteiger charge is 1.96. The Labute approximate surface area is 74.8 Å². The van der Waals surface area contributed by atoms with Crippen LogP contribution < -0.4 is 0 Å². The fraction of sp³-hybridized carbons (Fsp3) is 0.545. The lowest BCUT2D eigenvalue weighted by atomic mass is 10.1. The maximum Gasteiger partial charge on any atom is 0.0404 e. The van der Waals surface area contributed by atoms with Gasteiger partial charge in [-0.05, 0) is 31.4 Å². The van der Waals surface area contributed by atoms with Crippen LogP contribution in [0.1, 0.15) is 37.4 Å². The predicted molar refractivity (Wildman–Crippen MR) is 52.2 cm³/mol. The Bertz CT molecular complexity index is 230. The van der Waals surface area contributed by atoms with Crippen molar-refractivity contribution < 1.29 is 0 Å². The molecule has 0 amide bonds. The van der Waals surface area contributed by atoms with Gasteiger partial charge < -0.3 is 0 Å². The lowest BCUT2D eigenvalue weighted by Crippen LogP contribution is -1.91. The van der Waals surface area contributed by atoms with Crippen LogP contribution in [0.5, 0.6) is 0 Å². The minimum Gasteiger partial charge on any atom is -0.261 e. The van der Waals surface area contributed by atoms with E-state index < -0.39 is 0 Å². The molecule has 1 aromatic heterocycles. The minimum absolute atomic E-state index is 1.19. The molecule has 0 saturated heterocycles. The quantitative estimate of drug-likeness (QED) is 0.621. The van der Waals surface area contributed by atoms with E-state index in [1.165, 1.54) is 36.9 Å². The Morgan fingerprint density at radius 2 is 2.17 bits per heavy atom. The number of hydrogen-bond donors (Lipinski definition) is 0. The SMILES string of the molecule is CCCCCc1cccnc1C. The van der Waals surface area contributed by atoms with Crippen molar-refractivity contribution in [3.8, 4) is 0 Å². The summed E-state index contributed by atoms with van der Waals surface area (Å²) in [7, 11) is 0. The van der Waals surface area contributed by atoms with Crippen molar-refractivity contribution in [2.24, 2.45) is 0 Å². The standard InChI is InChI=1S/C11H17N/c1-3-4-5-7-11-8-6-9-12-10(11)2/h6,8-9H,3-5,7H2,1-2H3. The van der Waals surface area contributed by atoms with Gasteiger partial charge in [0.15, 0.2) is 0 Å². The van der Waals surface area contributed by atoms with Gasteiger partial charge in [0.2, 0.25) is 0 Å². The van der Waals surface area contributed by atoms with Gasteiger partial charge >= 0.3 is 0 Å². The third kappa shape index (κ3) is 2.65. The molecule has 0 spiro atoms. The van der Waals surface area contributed by atoms with Crippen LogP contribution in [-0.2, 0) is 6.42 Å². The molecule has 1 heterocycles. The first-order valence-electron chi connectivity index (χ1n) is 4.75. The van der Waals surface area contributed by atoms with E-state index in [1.807, 2.05) is 12.3 Å². The Hall–Kier alpha value is -0.850. The van der Waals surface area contributed by atoms with Gasteiger partial charge in [0.1, 0.15) is 0 Å². The zero-order chi connectivity index (χ0) is 8.81. The molecule has 0 saturated carbocycles. The molecular weight excluding hydrogens is 146 g/mol. The van der Waals surface area contributed by atoms with Gasteiger partial charge in [0.05, 0.1) is 0 Å². The van der Waals surface area contributed by atoms with Crippen LogP contribution in [0.15, 0.2) is 18.3 Å². The number of rotatable bonds is 4. The number of aromatic nitrogens is 1. The number of pyridine rings is 1. The molecule has 0 aliphatic carbocycles. The van der Waals surface area contributed by atoms with E-state index in [9.17, 15) is 0 Å². The van der Waals surface area contributed by atoms with Gasteiger partial charge in [-0.3, -0.25) is 4.98 Å². The summed E-state index contributed by atoms with van der Waals surface area (Å²) < 4.78 is 0. The molecule has 0 unspecified atom stereocenters. The summed E-state index contributed by atoms with van der Waals surface area (Å²) in [6.45, 7) is 4.32. The second kappa shape index (κ2) is 4.91. The fourth-order valence-electron chi connectivity index (χ4n) is 1.35. The summed E-state index contributed by atoms with van der Waals surface area (Å²) >= 11 is 0. The van der Waals surface area contributed by atoms with Gasteiger partial charge in [-0.15, -0.1) is 0 Å². The van der Waals surface area contributed by atoms with E-state index >= 15 is 0 Å². The second-order valence-corrected chi connectivity index (χ2v) is 3.21. The molecular formula is C11H17N. The van der Waals surface area contributed by atoms with E-state index in [4.69, 9.17) is 0 Å². The highest BCUT2D eigenvalue weighted by atomic mass is 14.7. The van der Waals surface area contributed by atoms with Crippen molar-refractivity contribution >= 4 is 0 Å². The van der Waals surface area contributed by atoms with Gasteiger partial charge in [-0.1, -0.05) is 25.8 Å². The number of unbranched alkanes of at least 4 members (excludes halogenated alkanes) is 2. The van der Waals surface area contributed by atoms with Gasteiger partial charge in [0, 0.05) is 11.9 Å². The third-order valence-electron chi connectivity index (χ3n) is 2.17. The Morgan fingerprint density at radius 3 is 2.83 bits per heavy atom. The van der Waals surface area contributed by atoms with Crippen molar-refractivity contribution in [1.82, 2.24) is 4.98 Å². The maximum atomic E-state index is 4.26. The van der Waals surface area contributed by atoms with Crippen molar-refractivity contribution in [2.45, 2.75) is 39.5 Å². The normalized spacial score (nSPS) is 10.2. The van der Waals surface area contributed by atoms with E-state index in [0.717, 1.165) is 0 Å². The van der Waals surface area contributed by atoms with Gasteiger partial charge in [0.25, 0.3) is 0 Å². The molecule has 0 aromatic carbocycles. The van der Waals surface area contributed by atoms with E-state index in [1.54, 1.807) is 0 Å². The first kappa shape index (κ1) is 9.24. The molecule has 0 aliphatic rings. The molecule has 1 rings (SSSR count). The summed E-state index contributed by atoms with van der Waals surface area (Å²) in [5, 5.41) is 0. The van der Waals surface area contributed by atoms with Crippen molar-refractivity contribution in [3.63, 3.8) is 0 Å². The lowest BCUT2D eigenvalue weighted by molar-refractivity contribution is 0.713. The molecule has 66 valence electrons. The van der Waals surface area contributed by atoms with Crippen LogP contribution in [0.25, 0.3) is 0 Å². The molecule has 0 fully saturated rings. The monoisotopic (exact) mass is 163 g/mol. The third-order valence-corrected chi connectivity index (χ3v) is 2.17. The Kier molecular flexibility index (Phi) is 3.78. The minimum atomic E-state index is 1.19. The van der Waals surface area contributed by atoms with E-state index in [-0.39, 0.29) is 0 Å². The number of nitrogens with zero attached hydrogens (tertiary/aromatic N) is 1. The zero-order valence-corrected chi connectivity index (χ0v) is 8.01. The van der Waals surface area contributed by atoms with Crippen LogP contribution in [0.2, 0.25) is 0 Å². The first-order chi connectivity index (χ1) is 5.84. The average molecular weight is 163 g/mol. The predicted octanol–water partition coefficient (Wildman–Crippen LogP) is 3.12. The molecule has 0 N–H and O–H groups in total. The van der Waals surface area contributed by atoms with Crippen LogP contribution in [-0.4, -0.2) is 4.98 Å². The molecule has 0 radical (unpaired) electrons. The Balaban J connectivity index is 2.46. The van der Waals surface area contributed by atoms with Crippen molar-refractivity contribution in [1.29, 1.82) is 0 Å². The molecule has 0 bridgehead atoms. The second-order valence-electron chi connectivity index (χ2n) is 3.21. The largest absolute Gasteiger partial charge is 0.261 e. The number of aryl methyl sites for hydroxylation is 2. The molecule has 1 nitrogen and oxygen atoms in total. The molecule has 1 aromatic rings. The number of hydrogen-bond acceptors (Lipinski definition) is 1. The van der Waals surface area contributed by atoms with Crippen LogP contribution in [0.3, 0.4) is 0 Å². The molecule has 0 aliphatic heterocycles. The van der Waals surface area contributed by atoms with Crippen LogP contribution in [0, 0.1) is 6.92 Å². The summed E-state index contributed by atoms with van der Waals surface area (Å²) in [5.74, 6) is 0. The summed E-state index contributed by atoms with van der Waals surface area (Å²) in [6, 6.07) is 4.20. The maximum absolute atomic E-state index is 4.26. The van der Waals surface area contributed by atoms with Gasteiger partial charge in [-0.25, -0.2) is 0 Å². The summed E-state index contributed by atoms with van der Waals surface area (Å²) in [4.78, 5) is 4.26. The van der Waals surface area contributed by atoms with E-state index in [0.29, 0.717) is 0 Å². The first-order valence-corrected chi connectivity index (χ1v) is 4.75. The van der Waals surface area contributed by atoms with Crippen LogP contribution >= 0.6 is 0 Å². The van der Waals surface area contributed by atoms with E-state index in [2.05, 4.69) is 24.9 Å². The highest BCUT2D eigenvalue weighted by molar-refractivity contribution is 5.18. The Morgan fingerprint density at radius 1 is 1.33 bits per heavy atom. The molecule has 0 atom stereocenters. The smallest absolute Gasteiger partial charge is 0.0404 e. The van der Waals surface area contributed by atoms with Crippen molar-refractivity contribution in [3.05, 3.63) is 29.6 Å². The zero-order valence-electron chi connectivity index (χ0n) is 8.01. The lowest BCUT2D eigenvalue weighted by Gasteiger charge is -2.02. The average Bonchev–Trinajstić information content (AvgIpc) is 2.09. The summed E-state index contributed by atoms with van der Waals surface area (Å²) in [5.41, 5.74) is 2.60. The topological polar surface area (TPSA) is 12.9 Å². The highest BCUT2D eigenvalue weighted by Crippen LogP contribution is 2.08.